The Morgan fingerprint density at radius 2 is 1.89 bits per heavy atom. The summed E-state index contributed by atoms with van der Waals surface area (Å²) >= 11 is 3.69. The third-order valence-electron chi connectivity index (χ3n) is 4.27. The first-order chi connectivity index (χ1) is 8.97. The van der Waals surface area contributed by atoms with Crippen LogP contribution in [0.3, 0.4) is 0 Å². The minimum Gasteiger partial charge on any atom is -0.381 e. The van der Waals surface area contributed by atoms with Crippen LogP contribution < -0.4 is 5.32 Å². The fraction of sp³-hybridized carbons (Fsp3) is 0.625. The first-order valence-corrected chi connectivity index (χ1v) is 7.98. The molecule has 2 rings (SSSR count). The molecule has 19 heavy (non-hydrogen) atoms. The molecule has 0 bridgehead atoms. The summed E-state index contributed by atoms with van der Waals surface area (Å²) in [5, 5.41) is 3.72. The molecule has 0 amide bonds. The van der Waals surface area contributed by atoms with Gasteiger partial charge in [-0.2, -0.15) is 0 Å². The van der Waals surface area contributed by atoms with Gasteiger partial charge in [-0.1, -0.05) is 6.07 Å². The van der Waals surface area contributed by atoms with Crippen molar-refractivity contribution < 1.29 is 0 Å². The van der Waals surface area contributed by atoms with Gasteiger partial charge in [0, 0.05) is 10.5 Å². The van der Waals surface area contributed by atoms with E-state index in [1.165, 1.54) is 47.2 Å². The van der Waals surface area contributed by atoms with E-state index in [2.05, 4.69) is 66.1 Å². The molecule has 1 aliphatic rings. The zero-order chi connectivity index (χ0) is 14.0. The van der Waals surface area contributed by atoms with Crippen LogP contribution >= 0.6 is 15.9 Å². The van der Waals surface area contributed by atoms with Gasteiger partial charge in [-0.25, -0.2) is 0 Å². The number of likely N-dealkylation sites (tertiary alicyclic amines) is 1. The number of nitrogens with zero attached hydrogens (tertiary/aromatic N) is 1. The second-order valence-electron chi connectivity index (χ2n) is 6.01. The van der Waals surface area contributed by atoms with E-state index in [9.17, 15) is 0 Å². The topological polar surface area (TPSA) is 15.3 Å². The zero-order valence-electron chi connectivity index (χ0n) is 12.5. The van der Waals surface area contributed by atoms with Crippen LogP contribution in [0.2, 0.25) is 0 Å². The normalized spacial score (nSPS) is 19.4. The number of anilines is 1. The molecule has 1 unspecified atom stereocenters. The molecule has 1 aromatic rings. The van der Waals surface area contributed by atoms with E-state index >= 15 is 0 Å². The van der Waals surface area contributed by atoms with Crippen molar-refractivity contribution in [3.05, 3.63) is 27.7 Å². The molecular weight excluding hydrogens is 300 g/mol. The lowest BCUT2D eigenvalue weighted by atomic mass is 9.90. The number of benzene rings is 1. The van der Waals surface area contributed by atoms with E-state index in [0.29, 0.717) is 6.04 Å². The minimum atomic E-state index is 0.534. The Balaban J connectivity index is 2.04. The number of rotatable bonds is 3. The van der Waals surface area contributed by atoms with Crippen LogP contribution in [0.4, 0.5) is 5.69 Å². The summed E-state index contributed by atoms with van der Waals surface area (Å²) in [6.45, 7) is 9.10. The second-order valence-corrected chi connectivity index (χ2v) is 6.87. The minimum absolute atomic E-state index is 0.534. The van der Waals surface area contributed by atoms with Gasteiger partial charge >= 0.3 is 0 Å². The predicted molar refractivity (Wildman–Crippen MR) is 86.9 cm³/mol. The van der Waals surface area contributed by atoms with E-state index in [1.54, 1.807) is 0 Å². The maximum absolute atomic E-state index is 3.72. The van der Waals surface area contributed by atoms with E-state index < -0.39 is 0 Å². The largest absolute Gasteiger partial charge is 0.381 e. The van der Waals surface area contributed by atoms with Crippen LogP contribution in [-0.2, 0) is 0 Å². The molecule has 1 N–H and O–H groups in total. The van der Waals surface area contributed by atoms with Gasteiger partial charge in [-0.3, -0.25) is 0 Å². The number of aryl methyl sites for hydroxylation is 2. The molecule has 2 nitrogen and oxygen atoms in total. The molecule has 1 atom stereocenters. The van der Waals surface area contributed by atoms with Crippen molar-refractivity contribution in [3.63, 3.8) is 0 Å². The quantitative estimate of drug-likeness (QED) is 0.896. The lowest BCUT2D eigenvalue weighted by Crippen LogP contribution is -2.37. The summed E-state index contributed by atoms with van der Waals surface area (Å²) < 4.78 is 1.18. The Morgan fingerprint density at radius 1 is 1.26 bits per heavy atom. The Hall–Kier alpha value is -0.540. The predicted octanol–water partition coefficient (Wildman–Crippen LogP) is 4.21. The molecule has 0 spiro atoms. The van der Waals surface area contributed by atoms with Gasteiger partial charge in [0.05, 0.1) is 5.69 Å². The lowest BCUT2D eigenvalue weighted by Gasteiger charge is -2.34. The number of halogens is 1. The Kier molecular flexibility index (Phi) is 4.91. The second kappa shape index (κ2) is 6.27. The highest BCUT2D eigenvalue weighted by atomic mass is 79.9. The fourth-order valence-electron chi connectivity index (χ4n) is 2.97. The summed E-state index contributed by atoms with van der Waals surface area (Å²) in [6.07, 6.45) is 2.60. The first kappa shape index (κ1) is 14.9. The van der Waals surface area contributed by atoms with E-state index in [0.717, 1.165) is 5.92 Å². The van der Waals surface area contributed by atoms with Crippen LogP contribution in [0.1, 0.15) is 30.9 Å². The maximum atomic E-state index is 3.72. The third-order valence-corrected chi connectivity index (χ3v) is 4.90. The van der Waals surface area contributed by atoms with Crippen LogP contribution in [0.15, 0.2) is 16.6 Å². The summed E-state index contributed by atoms with van der Waals surface area (Å²) in [5.41, 5.74) is 3.89. The Morgan fingerprint density at radius 3 is 2.47 bits per heavy atom. The molecule has 106 valence electrons. The Bertz CT molecular complexity index is 413. The summed E-state index contributed by atoms with van der Waals surface area (Å²) in [5.74, 6) is 0.781. The number of nitrogens with one attached hydrogen (secondary N) is 1. The third kappa shape index (κ3) is 3.73. The maximum Gasteiger partial charge on any atom is 0.0516 e. The summed E-state index contributed by atoms with van der Waals surface area (Å²) in [4.78, 5) is 2.43. The van der Waals surface area contributed by atoms with Crippen LogP contribution in [0.5, 0.6) is 0 Å². The molecule has 3 heteroatoms. The molecule has 1 fully saturated rings. The van der Waals surface area contributed by atoms with Gasteiger partial charge in [-0.05, 0) is 92.8 Å². The van der Waals surface area contributed by atoms with Gasteiger partial charge in [0.15, 0.2) is 0 Å². The highest BCUT2D eigenvalue weighted by Gasteiger charge is 2.22. The van der Waals surface area contributed by atoms with Crippen molar-refractivity contribution in [1.29, 1.82) is 0 Å². The summed E-state index contributed by atoms with van der Waals surface area (Å²) in [6, 6.07) is 4.97. The first-order valence-electron chi connectivity index (χ1n) is 7.19. The van der Waals surface area contributed by atoms with Gasteiger partial charge in [0.2, 0.25) is 0 Å². The summed E-state index contributed by atoms with van der Waals surface area (Å²) in [7, 11) is 2.22. The molecular formula is C16H25BrN2. The van der Waals surface area contributed by atoms with Crippen molar-refractivity contribution >= 4 is 21.6 Å². The van der Waals surface area contributed by atoms with Crippen molar-refractivity contribution in [2.75, 3.05) is 25.5 Å². The van der Waals surface area contributed by atoms with Crippen LogP contribution in [0.25, 0.3) is 0 Å². The molecule has 1 aliphatic heterocycles. The van der Waals surface area contributed by atoms with Gasteiger partial charge in [0.25, 0.3) is 0 Å². The van der Waals surface area contributed by atoms with Crippen LogP contribution in [-0.4, -0.2) is 31.1 Å². The van der Waals surface area contributed by atoms with Crippen molar-refractivity contribution in [1.82, 2.24) is 4.90 Å². The molecule has 0 aliphatic carbocycles. The molecule has 1 saturated heterocycles. The molecule has 1 heterocycles. The average molecular weight is 325 g/mol. The number of hydrogen-bond acceptors (Lipinski definition) is 2. The van der Waals surface area contributed by atoms with E-state index in [4.69, 9.17) is 0 Å². The standard InChI is InChI=1S/C16H25BrN2/c1-11-9-12(2)16(15(17)10-11)18-13(3)14-5-7-19(4)8-6-14/h9-10,13-14,18H,5-8H2,1-4H3. The molecule has 0 radical (unpaired) electrons. The van der Waals surface area contributed by atoms with Crippen molar-refractivity contribution in [2.45, 2.75) is 39.7 Å². The fourth-order valence-corrected chi connectivity index (χ4v) is 3.76. The van der Waals surface area contributed by atoms with E-state index in [-0.39, 0.29) is 0 Å². The highest BCUT2D eigenvalue weighted by molar-refractivity contribution is 9.10. The SMILES string of the molecule is Cc1cc(C)c(NC(C)C2CCN(C)CC2)c(Br)c1. The highest BCUT2D eigenvalue weighted by Crippen LogP contribution is 2.30. The van der Waals surface area contributed by atoms with Gasteiger partial charge < -0.3 is 10.2 Å². The molecule has 1 aromatic carbocycles. The number of piperidine rings is 1. The lowest BCUT2D eigenvalue weighted by molar-refractivity contribution is 0.208. The van der Waals surface area contributed by atoms with Crippen molar-refractivity contribution in [2.24, 2.45) is 5.92 Å². The monoisotopic (exact) mass is 324 g/mol. The Labute approximate surface area is 125 Å². The molecule has 0 aromatic heterocycles. The zero-order valence-corrected chi connectivity index (χ0v) is 14.0. The van der Waals surface area contributed by atoms with Crippen molar-refractivity contribution in [3.8, 4) is 0 Å². The smallest absolute Gasteiger partial charge is 0.0516 e. The van der Waals surface area contributed by atoms with Crippen LogP contribution in [0, 0.1) is 19.8 Å². The average Bonchev–Trinajstić information content (AvgIpc) is 2.34. The van der Waals surface area contributed by atoms with Gasteiger partial charge in [-0.15, -0.1) is 0 Å². The van der Waals surface area contributed by atoms with Gasteiger partial charge in [0.1, 0.15) is 0 Å². The van der Waals surface area contributed by atoms with E-state index in [1.807, 2.05) is 0 Å². The number of hydrogen-bond donors (Lipinski definition) is 1. The molecule has 0 saturated carbocycles.